The molecule has 1 N–H and O–H groups in total. The summed E-state index contributed by atoms with van der Waals surface area (Å²) in [6.45, 7) is 6.81. The largest absolute Gasteiger partial charge is 0.342 e. The van der Waals surface area contributed by atoms with E-state index in [0.29, 0.717) is 5.91 Å². The van der Waals surface area contributed by atoms with Crippen molar-refractivity contribution in [3.05, 3.63) is 0 Å². The first-order valence-electron chi connectivity index (χ1n) is 6.78. The van der Waals surface area contributed by atoms with Gasteiger partial charge in [0.15, 0.2) is 0 Å². The van der Waals surface area contributed by atoms with E-state index in [9.17, 15) is 4.79 Å². The number of hydrogen-bond acceptors (Lipinski definition) is 2. The number of likely N-dealkylation sites (N-methyl/N-ethyl adjacent to an activating group) is 1. The first kappa shape index (κ1) is 11.9. The number of rotatable bonds is 4. The maximum Gasteiger partial charge on any atom is 0.239 e. The van der Waals surface area contributed by atoms with Gasteiger partial charge < -0.3 is 10.2 Å². The first-order valence-corrected chi connectivity index (χ1v) is 6.78. The zero-order valence-corrected chi connectivity index (χ0v) is 10.5. The Bertz CT molecular complexity index is 246. The number of nitrogens with zero attached hydrogens (tertiary/aromatic N) is 1. The third kappa shape index (κ3) is 2.57. The van der Waals surface area contributed by atoms with Gasteiger partial charge in [-0.1, -0.05) is 0 Å². The van der Waals surface area contributed by atoms with Crippen LogP contribution in [0.1, 0.15) is 39.5 Å². The van der Waals surface area contributed by atoms with Crippen molar-refractivity contribution in [2.45, 2.75) is 45.6 Å². The van der Waals surface area contributed by atoms with Gasteiger partial charge in [0.1, 0.15) is 0 Å². The van der Waals surface area contributed by atoms with E-state index < -0.39 is 0 Å². The van der Waals surface area contributed by atoms with Crippen LogP contribution < -0.4 is 5.32 Å². The van der Waals surface area contributed by atoms with Crippen LogP contribution in [0.3, 0.4) is 0 Å². The molecular formula is C13H24N2O. The molecule has 0 radical (unpaired) electrons. The van der Waals surface area contributed by atoms with Gasteiger partial charge in [-0.3, -0.25) is 4.79 Å². The molecule has 3 heteroatoms. The van der Waals surface area contributed by atoms with Crippen LogP contribution in [0, 0.1) is 11.8 Å². The van der Waals surface area contributed by atoms with Crippen molar-refractivity contribution in [3.63, 3.8) is 0 Å². The summed E-state index contributed by atoms with van der Waals surface area (Å²) in [5.41, 5.74) is 0. The number of carbonyl (C=O) groups excluding carboxylic acids is 1. The van der Waals surface area contributed by atoms with E-state index in [1.807, 2.05) is 4.90 Å². The zero-order chi connectivity index (χ0) is 11.5. The highest BCUT2D eigenvalue weighted by Gasteiger charge is 2.37. The average molecular weight is 224 g/mol. The van der Waals surface area contributed by atoms with E-state index in [1.165, 1.54) is 19.3 Å². The number of hydrogen-bond donors (Lipinski definition) is 1. The van der Waals surface area contributed by atoms with Crippen molar-refractivity contribution >= 4 is 5.91 Å². The predicted octanol–water partition coefficient (Wildman–Crippen LogP) is 1.63. The Morgan fingerprint density at radius 3 is 2.44 bits per heavy atom. The maximum atomic E-state index is 12.2. The van der Waals surface area contributed by atoms with E-state index in [2.05, 4.69) is 19.2 Å². The summed E-state index contributed by atoms with van der Waals surface area (Å²) in [6.07, 6.45) is 5.14. The second kappa shape index (κ2) is 5.17. The average Bonchev–Trinajstić information content (AvgIpc) is 3.14. The maximum absolute atomic E-state index is 12.2. The van der Waals surface area contributed by atoms with Crippen LogP contribution in [0.25, 0.3) is 0 Å². The van der Waals surface area contributed by atoms with Gasteiger partial charge in [-0.15, -0.1) is 0 Å². The molecule has 2 fully saturated rings. The molecule has 92 valence electrons. The molecule has 0 aromatic carbocycles. The lowest BCUT2D eigenvalue weighted by atomic mass is 9.88. The Balaban J connectivity index is 1.89. The van der Waals surface area contributed by atoms with Crippen LogP contribution in [0.15, 0.2) is 0 Å². The van der Waals surface area contributed by atoms with Crippen LogP contribution >= 0.6 is 0 Å². The second-order valence-electron chi connectivity index (χ2n) is 5.14. The van der Waals surface area contributed by atoms with Crippen LogP contribution in [0.2, 0.25) is 0 Å². The lowest BCUT2D eigenvalue weighted by Crippen LogP contribution is -2.50. The van der Waals surface area contributed by atoms with Crippen molar-refractivity contribution in [3.8, 4) is 0 Å². The lowest BCUT2D eigenvalue weighted by Gasteiger charge is -2.32. The molecule has 0 aromatic rings. The number of amides is 1. The molecule has 16 heavy (non-hydrogen) atoms. The quantitative estimate of drug-likeness (QED) is 0.787. The van der Waals surface area contributed by atoms with Gasteiger partial charge in [0, 0.05) is 13.1 Å². The minimum Gasteiger partial charge on any atom is -0.342 e. The van der Waals surface area contributed by atoms with Crippen LogP contribution in [-0.4, -0.2) is 36.5 Å². The number of piperidine rings is 1. The molecule has 2 unspecified atom stereocenters. The van der Waals surface area contributed by atoms with E-state index in [-0.39, 0.29) is 6.04 Å². The summed E-state index contributed by atoms with van der Waals surface area (Å²) >= 11 is 0. The Labute approximate surface area is 98.6 Å². The van der Waals surface area contributed by atoms with Crippen LogP contribution in [0.5, 0.6) is 0 Å². The van der Waals surface area contributed by atoms with Gasteiger partial charge in [0.05, 0.1) is 6.04 Å². The predicted molar refractivity (Wildman–Crippen MR) is 65.2 cm³/mol. The fourth-order valence-electron chi connectivity index (χ4n) is 2.89. The Morgan fingerprint density at radius 2 is 1.88 bits per heavy atom. The van der Waals surface area contributed by atoms with Crippen LogP contribution in [0.4, 0.5) is 0 Å². The molecule has 1 heterocycles. The van der Waals surface area contributed by atoms with Gasteiger partial charge in [-0.05, 0) is 57.9 Å². The Hall–Kier alpha value is -0.570. The highest BCUT2D eigenvalue weighted by atomic mass is 16.2. The molecule has 2 rings (SSSR count). The molecule has 1 saturated heterocycles. The third-order valence-corrected chi connectivity index (χ3v) is 4.11. The Morgan fingerprint density at radius 1 is 1.19 bits per heavy atom. The molecule has 1 amide bonds. The Kier molecular flexibility index (Phi) is 3.85. The molecule has 0 spiro atoms. The van der Waals surface area contributed by atoms with Gasteiger partial charge in [-0.2, -0.15) is 0 Å². The van der Waals surface area contributed by atoms with Crippen molar-refractivity contribution in [2.75, 3.05) is 19.6 Å². The summed E-state index contributed by atoms with van der Waals surface area (Å²) < 4.78 is 0. The molecule has 0 aromatic heterocycles. The van der Waals surface area contributed by atoms with Crippen LogP contribution in [-0.2, 0) is 4.79 Å². The van der Waals surface area contributed by atoms with Gasteiger partial charge >= 0.3 is 0 Å². The van der Waals surface area contributed by atoms with E-state index in [4.69, 9.17) is 0 Å². The summed E-state index contributed by atoms with van der Waals surface area (Å²) in [5, 5.41) is 3.39. The topological polar surface area (TPSA) is 32.3 Å². The number of carbonyl (C=O) groups is 1. The highest BCUT2D eigenvalue weighted by molar-refractivity contribution is 5.82. The minimum absolute atomic E-state index is 0.0965. The summed E-state index contributed by atoms with van der Waals surface area (Å²) in [4.78, 5) is 14.2. The van der Waals surface area contributed by atoms with Crippen molar-refractivity contribution in [2.24, 2.45) is 11.8 Å². The molecule has 1 aliphatic carbocycles. The molecule has 2 aliphatic rings. The van der Waals surface area contributed by atoms with E-state index in [0.717, 1.165) is 37.9 Å². The highest BCUT2D eigenvalue weighted by Crippen LogP contribution is 2.41. The number of nitrogens with one attached hydrogen (secondary N) is 1. The van der Waals surface area contributed by atoms with Gasteiger partial charge in [-0.25, -0.2) is 0 Å². The third-order valence-electron chi connectivity index (χ3n) is 4.11. The van der Waals surface area contributed by atoms with E-state index >= 15 is 0 Å². The smallest absolute Gasteiger partial charge is 0.239 e. The normalized spacial score (nSPS) is 30.1. The fourth-order valence-corrected chi connectivity index (χ4v) is 2.89. The zero-order valence-electron chi connectivity index (χ0n) is 10.5. The summed E-state index contributed by atoms with van der Waals surface area (Å²) in [7, 11) is 0. The standard InChI is InChI=1S/C13H24N2O/c1-3-15(4-2)13(16)12-9-11(7-8-14-12)10-5-6-10/h10-12,14H,3-9H2,1-2H3. The van der Waals surface area contributed by atoms with Crippen molar-refractivity contribution < 1.29 is 4.79 Å². The molecule has 0 bridgehead atoms. The molecule has 1 aliphatic heterocycles. The molecular weight excluding hydrogens is 200 g/mol. The molecule has 3 nitrogen and oxygen atoms in total. The lowest BCUT2D eigenvalue weighted by molar-refractivity contribution is -0.134. The summed E-state index contributed by atoms with van der Waals surface area (Å²) in [5.74, 6) is 2.07. The van der Waals surface area contributed by atoms with Gasteiger partial charge in [0.25, 0.3) is 0 Å². The SMILES string of the molecule is CCN(CC)C(=O)C1CC(C2CC2)CCN1. The fraction of sp³-hybridized carbons (Fsp3) is 0.923. The van der Waals surface area contributed by atoms with Gasteiger partial charge in [0.2, 0.25) is 5.91 Å². The first-order chi connectivity index (χ1) is 7.76. The molecule has 2 atom stereocenters. The van der Waals surface area contributed by atoms with Crippen molar-refractivity contribution in [1.29, 1.82) is 0 Å². The molecule has 1 saturated carbocycles. The van der Waals surface area contributed by atoms with E-state index in [1.54, 1.807) is 0 Å². The monoisotopic (exact) mass is 224 g/mol. The van der Waals surface area contributed by atoms with Crippen molar-refractivity contribution in [1.82, 2.24) is 10.2 Å². The second-order valence-corrected chi connectivity index (χ2v) is 5.14. The summed E-state index contributed by atoms with van der Waals surface area (Å²) in [6, 6.07) is 0.0965. The minimum atomic E-state index is 0.0965.